The van der Waals surface area contributed by atoms with Crippen LogP contribution >= 0.6 is 11.6 Å². The standard InChI is InChI=1S/C8H9ClN4/c9-6-3-7-8(11-4-6)13(2-1-10)5-12-7/h3-5H,1-2,10H2. The van der Waals surface area contributed by atoms with Gasteiger partial charge < -0.3 is 10.3 Å². The summed E-state index contributed by atoms with van der Waals surface area (Å²) in [5.41, 5.74) is 7.07. The highest BCUT2D eigenvalue weighted by molar-refractivity contribution is 6.30. The van der Waals surface area contributed by atoms with Gasteiger partial charge in [0.25, 0.3) is 0 Å². The van der Waals surface area contributed by atoms with Gasteiger partial charge in [0, 0.05) is 19.3 Å². The topological polar surface area (TPSA) is 56.7 Å². The summed E-state index contributed by atoms with van der Waals surface area (Å²) in [7, 11) is 0. The first-order valence-electron chi connectivity index (χ1n) is 3.97. The number of rotatable bonds is 2. The highest BCUT2D eigenvalue weighted by Crippen LogP contribution is 2.14. The summed E-state index contributed by atoms with van der Waals surface area (Å²) in [6.45, 7) is 1.31. The molecule has 2 N–H and O–H groups in total. The van der Waals surface area contributed by atoms with Crippen LogP contribution in [-0.2, 0) is 6.54 Å². The lowest BCUT2D eigenvalue weighted by Crippen LogP contribution is -2.09. The van der Waals surface area contributed by atoms with Gasteiger partial charge in [0.1, 0.15) is 5.52 Å². The lowest BCUT2D eigenvalue weighted by atomic mass is 10.4. The van der Waals surface area contributed by atoms with Crippen LogP contribution in [0.1, 0.15) is 0 Å². The molecule has 0 amide bonds. The van der Waals surface area contributed by atoms with Gasteiger partial charge in [0.15, 0.2) is 5.65 Å². The Morgan fingerprint density at radius 3 is 3.08 bits per heavy atom. The van der Waals surface area contributed by atoms with Crippen LogP contribution in [0.4, 0.5) is 0 Å². The summed E-state index contributed by atoms with van der Waals surface area (Å²) in [4.78, 5) is 8.33. The van der Waals surface area contributed by atoms with E-state index in [9.17, 15) is 0 Å². The maximum Gasteiger partial charge on any atom is 0.159 e. The number of halogens is 1. The number of pyridine rings is 1. The zero-order valence-corrected chi connectivity index (χ0v) is 7.70. The van der Waals surface area contributed by atoms with Crippen LogP contribution in [-0.4, -0.2) is 21.1 Å². The second-order valence-corrected chi connectivity index (χ2v) is 3.16. The summed E-state index contributed by atoms with van der Waals surface area (Å²) in [6.07, 6.45) is 3.33. The third kappa shape index (κ3) is 1.50. The van der Waals surface area contributed by atoms with E-state index in [1.54, 1.807) is 18.6 Å². The first-order valence-corrected chi connectivity index (χ1v) is 4.35. The molecule has 0 saturated heterocycles. The Morgan fingerprint density at radius 1 is 1.46 bits per heavy atom. The third-order valence-corrected chi connectivity index (χ3v) is 2.00. The fraction of sp³-hybridized carbons (Fsp3) is 0.250. The Morgan fingerprint density at radius 2 is 2.31 bits per heavy atom. The summed E-state index contributed by atoms with van der Waals surface area (Å²) < 4.78 is 1.91. The van der Waals surface area contributed by atoms with Gasteiger partial charge in [-0.3, -0.25) is 0 Å². The molecule has 0 aliphatic heterocycles. The van der Waals surface area contributed by atoms with Gasteiger partial charge in [0.05, 0.1) is 11.3 Å². The van der Waals surface area contributed by atoms with Crippen molar-refractivity contribution in [3.8, 4) is 0 Å². The molecule has 5 heteroatoms. The molecule has 2 heterocycles. The fourth-order valence-corrected chi connectivity index (χ4v) is 1.38. The molecular weight excluding hydrogens is 188 g/mol. The number of nitrogens with two attached hydrogens (primary N) is 1. The summed E-state index contributed by atoms with van der Waals surface area (Å²) in [5.74, 6) is 0. The van der Waals surface area contributed by atoms with E-state index in [-0.39, 0.29) is 0 Å². The number of aromatic nitrogens is 3. The average Bonchev–Trinajstić information content (AvgIpc) is 2.49. The van der Waals surface area contributed by atoms with Gasteiger partial charge in [-0.05, 0) is 6.07 Å². The number of nitrogens with zero attached hydrogens (tertiary/aromatic N) is 3. The maximum absolute atomic E-state index is 5.77. The molecule has 0 radical (unpaired) electrons. The minimum Gasteiger partial charge on any atom is -0.329 e. The average molecular weight is 197 g/mol. The number of fused-ring (bicyclic) bond motifs is 1. The molecular formula is C8H9ClN4. The van der Waals surface area contributed by atoms with E-state index >= 15 is 0 Å². The largest absolute Gasteiger partial charge is 0.329 e. The summed E-state index contributed by atoms with van der Waals surface area (Å²) >= 11 is 5.77. The molecule has 2 rings (SSSR count). The maximum atomic E-state index is 5.77. The van der Waals surface area contributed by atoms with Crippen LogP contribution in [0.2, 0.25) is 5.02 Å². The van der Waals surface area contributed by atoms with Crippen molar-refractivity contribution in [2.45, 2.75) is 6.54 Å². The van der Waals surface area contributed by atoms with Crippen molar-refractivity contribution in [1.29, 1.82) is 0 Å². The van der Waals surface area contributed by atoms with E-state index in [1.165, 1.54) is 0 Å². The van der Waals surface area contributed by atoms with Gasteiger partial charge in [-0.15, -0.1) is 0 Å². The molecule has 0 aliphatic carbocycles. The lowest BCUT2D eigenvalue weighted by molar-refractivity contribution is 0.721. The predicted molar refractivity (Wildman–Crippen MR) is 51.6 cm³/mol. The molecule has 0 aliphatic rings. The van der Waals surface area contributed by atoms with E-state index in [4.69, 9.17) is 17.3 Å². The van der Waals surface area contributed by atoms with Crippen molar-refractivity contribution < 1.29 is 0 Å². The fourth-order valence-electron chi connectivity index (χ4n) is 1.23. The summed E-state index contributed by atoms with van der Waals surface area (Å²) in [6, 6.07) is 1.79. The molecule has 0 aromatic carbocycles. The van der Waals surface area contributed by atoms with Crippen LogP contribution in [0.5, 0.6) is 0 Å². The smallest absolute Gasteiger partial charge is 0.159 e. The van der Waals surface area contributed by atoms with E-state index in [2.05, 4.69) is 9.97 Å². The third-order valence-electron chi connectivity index (χ3n) is 1.79. The molecule has 13 heavy (non-hydrogen) atoms. The van der Waals surface area contributed by atoms with E-state index in [0.29, 0.717) is 11.6 Å². The van der Waals surface area contributed by atoms with Crippen molar-refractivity contribution in [2.75, 3.05) is 6.54 Å². The van der Waals surface area contributed by atoms with E-state index in [0.717, 1.165) is 17.7 Å². The molecule has 0 atom stereocenters. The molecule has 0 spiro atoms. The first kappa shape index (κ1) is 8.47. The molecule has 4 nitrogen and oxygen atoms in total. The predicted octanol–water partition coefficient (Wildman–Crippen LogP) is 1.04. The van der Waals surface area contributed by atoms with Crippen LogP contribution in [0, 0.1) is 0 Å². The zero-order valence-electron chi connectivity index (χ0n) is 6.94. The minimum atomic E-state index is 0.579. The second kappa shape index (κ2) is 3.32. The van der Waals surface area contributed by atoms with Crippen molar-refractivity contribution in [3.63, 3.8) is 0 Å². The zero-order chi connectivity index (χ0) is 9.26. The number of hydrogen-bond donors (Lipinski definition) is 1. The Hall–Kier alpha value is -1.13. The van der Waals surface area contributed by atoms with Crippen LogP contribution in [0.25, 0.3) is 11.2 Å². The first-order chi connectivity index (χ1) is 6.31. The lowest BCUT2D eigenvalue weighted by Gasteiger charge is -1.99. The van der Waals surface area contributed by atoms with Crippen molar-refractivity contribution in [1.82, 2.24) is 14.5 Å². The Kier molecular flexibility index (Phi) is 2.16. The molecule has 0 saturated carbocycles. The van der Waals surface area contributed by atoms with Gasteiger partial charge >= 0.3 is 0 Å². The summed E-state index contributed by atoms with van der Waals surface area (Å²) in [5, 5.41) is 0.602. The van der Waals surface area contributed by atoms with Crippen molar-refractivity contribution >= 4 is 22.8 Å². The van der Waals surface area contributed by atoms with Crippen molar-refractivity contribution in [3.05, 3.63) is 23.6 Å². The highest BCUT2D eigenvalue weighted by Gasteiger charge is 2.02. The number of hydrogen-bond acceptors (Lipinski definition) is 3. The molecule has 2 aromatic rings. The molecule has 0 bridgehead atoms. The van der Waals surface area contributed by atoms with Gasteiger partial charge in [0.2, 0.25) is 0 Å². The Labute approximate surface area is 80.3 Å². The normalized spacial score (nSPS) is 10.9. The molecule has 2 aromatic heterocycles. The van der Waals surface area contributed by atoms with Gasteiger partial charge in [-0.2, -0.15) is 0 Å². The quantitative estimate of drug-likeness (QED) is 0.781. The highest BCUT2D eigenvalue weighted by atomic mass is 35.5. The Balaban J connectivity index is 2.55. The van der Waals surface area contributed by atoms with Crippen molar-refractivity contribution in [2.24, 2.45) is 5.73 Å². The second-order valence-electron chi connectivity index (χ2n) is 2.72. The van der Waals surface area contributed by atoms with Gasteiger partial charge in [-0.1, -0.05) is 11.6 Å². The molecule has 68 valence electrons. The van der Waals surface area contributed by atoms with Crippen LogP contribution < -0.4 is 5.73 Å². The van der Waals surface area contributed by atoms with Crippen LogP contribution in [0.3, 0.4) is 0 Å². The Bertz CT molecular complexity index is 423. The van der Waals surface area contributed by atoms with Gasteiger partial charge in [-0.25, -0.2) is 9.97 Å². The van der Waals surface area contributed by atoms with E-state index in [1.807, 2.05) is 4.57 Å². The molecule has 0 fully saturated rings. The minimum absolute atomic E-state index is 0.579. The van der Waals surface area contributed by atoms with Crippen LogP contribution in [0.15, 0.2) is 18.6 Å². The monoisotopic (exact) mass is 196 g/mol. The SMILES string of the molecule is NCCn1cnc2cc(Cl)cnc21. The molecule has 0 unspecified atom stereocenters. The van der Waals surface area contributed by atoms with E-state index < -0.39 is 0 Å². The number of imidazole rings is 1.